The van der Waals surface area contributed by atoms with Crippen LogP contribution in [0, 0.1) is 11.3 Å². The van der Waals surface area contributed by atoms with Crippen LogP contribution in [0.3, 0.4) is 0 Å². The quantitative estimate of drug-likeness (QED) is 0.751. The Bertz CT molecular complexity index is 483. The van der Waals surface area contributed by atoms with E-state index in [-0.39, 0.29) is 0 Å². The highest BCUT2D eigenvalue weighted by molar-refractivity contribution is 5.32. The molecule has 0 bridgehead atoms. The predicted octanol–water partition coefficient (Wildman–Crippen LogP) is 2.10. The van der Waals surface area contributed by atoms with Gasteiger partial charge in [-0.3, -0.25) is 9.80 Å². The molecule has 1 fully saturated rings. The summed E-state index contributed by atoms with van der Waals surface area (Å²) in [7, 11) is 0. The molecule has 0 aliphatic carbocycles. The highest BCUT2D eigenvalue weighted by atomic mass is 16.5. The molecule has 0 amide bonds. The van der Waals surface area contributed by atoms with Crippen molar-refractivity contribution < 1.29 is 4.74 Å². The fourth-order valence-electron chi connectivity index (χ4n) is 2.87. The average Bonchev–Trinajstić information content (AvgIpc) is 2.50. The lowest BCUT2D eigenvalue weighted by Gasteiger charge is -2.39. The van der Waals surface area contributed by atoms with Crippen LogP contribution >= 0.6 is 0 Å². The molecule has 1 aliphatic rings. The molecule has 0 saturated carbocycles. The van der Waals surface area contributed by atoms with Gasteiger partial charge < -0.3 is 4.74 Å². The summed E-state index contributed by atoms with van der Waals surface area (Å²) in [6, 6.07) is 10.7. The van der Waals surface area contributed by atoms with Gasteiger partial charge in [-0.1, -0.05) is 12.1 Å². The lowest BCUT2D eigenvalue weighted by atomic mass is 10.1. The number of hydrogen-bond acceptors (Lipinski definition) is 4. The van der Waals surface area contributed by atoms with Crippen molar-refractivity contribution in [3.05, 3.63) is 35.4 Å². The van der Waals surface area contributed by atoms with E-state index in [4.69, 9.17) is 10.00 Å². The van der Waals surface area contributed by atoms with Crippen LogP contribution in [0.15, 0.2) is 24.3 Å². The normalized spacial score (nSPS) is 20.3. The zero-order valence-electron chi connectivity index (χ0n) is 13.1. The second-order valence-corrected chi connectivity index (χ2v) is 5.63. The number of rotatable bonds is 6. The van der Waals surface area contributed by atoms with Crippen LogP contribution in [0.25, 0.3) is 0 Å². The first-order valence-electron chi connectivity index (χ1n) is 7.76. The third-order valence-electron chi connectivity index (χ3n) is 4.04. The van der Waals surface area contributed by atoms with Crippen molar-refractivity contribution in [2.75, 3.05) is 39.4 Å². The van der Waals surface area contributed by atoms with Crippen molar-refractivity contribution in [1.29, 1.82) is 5.26 Å². The molecule has 1 aromatic rings. The second-order valence-electron chi connectivity index (χ2n) is 5.63. The van der Waals surface area contributed by atoms with Gasteiger partial charge >= 0.3 is 0 Å². The van der Waals surface area contributed by atoms with Gasteiger partial charge in [0.25, 0.3) is 0 Å². The van der Waals surface area contributed by atoms with E-state index in [0.29, 0.717) is 6.04 Å². The van der Waals surface area contributed by atoms with Crippen LogP contribution in [-0.4, -0.2) is 55.2 Å². The summed E-state index contributed by atoms with van der Waals surface area (Å²) in [5, 5.41) is 8.97. The van der Waals surface area contributed by atoms with E-state index < -0.39 is 0 Å². The number of ether oxygens (including phenoxy) is 1. The van der Waals surface area contributed by atoms with Crippen molar-refractivity contribution in [3.8, 4) is 6.07 Å². The molecule has 21 heavy (non-hydrogen) atoms. The highest BCUT2D eigenvalue weighted by Gasteiger charge is 2.23. The summed E-state index contributed by atoms with van der Waals surface area (Å²) < 4.78 is 5.45. The molecule has 0 spiro atoms. The summed E-state index contributed by atoms with van der Waals surface area (Å²) in [5.74, 6) is 0. The van der Waals surface area contributed by atoms with E-state index in [0.717, 1.165) is 51.5 Å². The van der Waals surface area contributed by atoms with E-state index in [1.54, 1.807) is 0 Å². The van der Waals surface area contributed by atoms with E-state index in [1.165, 1.54) is 5.56 Å². The summed E-state index contributed by atoms with van der Waals surface area (Å²) in [6.45, 7) is 11.1. The standard InChI is InChI=1S/C17H25N3O/c1-3-21-10-9-20-8-7-19(13-15(20)2)14-17-6-4-5-16(11-17)12-18/h4-6,11,15H,3,7-10,13-14H2,1-2H3/t15-/m0/s1. The maximum Gasteiger partial charge on any atom is 0.0991 e. The fraction of sp³-hybridized carbons (Fsp3) is 0.588. The Hall–Kier alpha value is -1.41. The Kier molecular flexibility index (Phi) is 6.19. The molecule has 1 saturated heterocycles. The van der Waals surface area contributed by atoms with Crippen molar-refractivity contribution in [2.45, 2.75) is 26.4 Å². The Morgan fingerprint density at radius 1 is 1.38 bits per heavy atom. The minimum absolute atomic E-state index is 0.554. The maximum atomic E-state index is 8.97. The summed E-state index contributed by atoms with van der Waals surface area (Å²) in [6.07, 6.45) is 0. The molecule has 4 heteroatoms. The predicted molar refractivity (Wildman–Crippen MR) is 84.0 cm³/mol. The second kappa shape index (κ2) is 8.14. The van der Waals surface area contributed by atoms with Gasteiger partial charge in [0.1, 0.15) is 0 Å². The van der Waals surface area contributed by atoms with Crippen LogP contribution in [0.5, 0.6) is 0 Å². The fourth-order valence-corrected chi connectivity index (χ4v) is 2.87. The number of nitriles is 1. The zero-order chi connectivity index (χ0) is 15.1. The lowest BCUT2D eigenvalue weighted by molar-refractivity contribution is 0.0466. The van der Waals surface area contributed by atoms with Crippen LogP contribution in [0.1, 0.15) is 25.0 Å². The van der Waals surface area contributed by atoms with Gasteiger partial charge in [-0.25, -0.2) is 0 Å². The summed E-state index contributed by atoms with van der Waals surface area (Å²) in [5.41, 5.74) is 1.97. The van der Waals surface area contributed by atoms with Crippen LogP contribution in [0.4, 0.5) is 0 Å². The van der Waals surface area contributed by atoms with Gasteiger partial charge in [-0.2, -0.15) is 5.26 Å². The first-order chi connectivity index (χ1) is 10.2. The van der Waals surface area contributed by atoms with Gasteiger partial charge in [0.05, 0.1) is 18.2 Å². The SMILES string of the molecule is CCOCCN1CCN(Cc2cccc(C#N)c2)C[C@@H]1C. The topological polar surface area (TPSA) is 39.5 Å². The summed E-state index contributed by atoms with van der Waals surface area (Å²) in [4.78, 5) is 4.97. The van der Waals surface area contributed by atoms with Crippen molar-refractivity contribution in [2.24, 2.45) is 0 Å². The number of piperazine rings is 1. The molecule has 0 unspecified atom stereocenters. The molecule has 114 valence electrons. The van der Waals surface area contributed by atoms with Gasteiger partial charge in [-0.05, 0) is 31.5 Å². The first-order valence-corrected chi connectivity index (χ1v) is 7.76. The monoisotopic (exact) mass is 287 g/mol. The van der Waals surface area contributed by atoms with Gasteiger partial charge in [-0.15, -0.1) is 0 Å². The molecule has 1 atom stereocenters. The first kappa shape index (κ1) is 16.0. The number of benzene rings is 1. The lowest BCUT2D eigenvalue weighted by Crippen LogP contribution is -2.52. The number of hydrogen-bond donors (Lipinski definition) is 0. The Labute approximate surface area is 127 Å². The van der Waals surface area contributed by atoms with E-state index in [9.17, 15) is 0 Å². The van der Waals surface area contributed by atoms with Crippen LogP contribution in [-0.2, 0) is 11.3 Å². The minimum atomic E-state index is 0.554. The van der Waals surface area contributed by atoms with E-state index in [2.05, 4.69) is 28.9 Å². The Balaban J connectivity index is 1.83. The van der Waals surface area contributed by atoms with E-state index in [1.807, 2.05) is 25.1 Å². The van der Waals surface area contributed by atoms with Gasteiger partial charge in [0, 0.05) is 45.4 Å². The third kappa shape index (κ3) is 4.82. The minimum Gasteiger partial charge on any atom is -0.380 e. The van der Waals surface area contributed by atoms with Crippen molar-refractivity contribution >= 4 is 0 Å². The average molecular weight is 287 g/mol. The third-order valence-corrected chi connectivity index (χ3v) is 4.04. The van der Waals surface area contributed by atoms with Crippen molar-refractivity contribution in [3.63, 3.8) is 0 Å². The van der Waals surface area contributed by atoms with Gasteiger partial charge in [0.2, 0.25) is 0 Å². The molecular weight excluding hydrogens is 262 g/mol. The Morgan fingerprint density at radius 3 is 2.95 bits per heavy atom. The molecule has 4 nitrogen and oxygen atoms in total. The van der Waals surface area contributed by atoms with Crippen LogP contribution < -0.4 is 0 Å². The molecule has 0 radical (unpaired) electrons. The van der Waals surface area contributed by atoms with Gasteiger partial charge in [0.15, 0.2) is 0 Å². The van der Waals surface area contributed by atoms with Crippen LogP contribution in [0.2, 0.25) is 0 Å². The molecule has 1 heterocycles. The molecule has 0 aromatic heterocycles. The smallest absolute Gasteiger partial charge is 0.0991 e. The molecular formula is C17H25N3O. The Morgan fingerprint density at radius 2 is 2.24 bits per heavy atom. The maximum absolute atomic E-state index is 8.97. The number of nitrogens with zero attached hydrogens (tertiary/aromatic N) is 3. The molecule has 2 rings (SSSR count). The molecule has 1 aliphatic heterocycles. The molecule has 0 N–H and O–H groups in total. The molecule has 1 aromatic carbocycles. The highest BCUT2D eigenvalue weighted by Crippen LogP contribution is 2.13. The largest absolute Gasteiger partial charge is 0.380 e. The van der Waals surface area contributed by atoms with E-state index >= 15 is 0 Å². The summed E-state index contributed by atoms with van der Waals surface area (Å²) >= 11 is 0. The van der Waals surface area contributed by atoms with Crippen molar-refractivity contribution in [1.82, 2.24) is 9.80 Å². The zero-order valence-corrected chi connectivity index (χ0v) is 13.1.